The van der Waals surface area contributed by atoms with E-state index >= 15 is 0 Å². The molecule has 4 rings (SSSR count). The van der Waals surface area contributed by atoms with Gasteiger partial charge in [0.15, 0.2) is 0 Å². The van der Waals surface area contributed by atoms with Gasteiger partial charge in [0.05, 0.1) is 23.5 Å². The van der Waals surface area contributed by atoms with Crippen LogP contribution in [0.25, 0.3) is 6.08 Å². The fourth-order valence-electron chi connectivity index (χ4n) is 4.61. The van der Waals surface area contributed by atoms with E-state index in [9.17, 15) is 21.6 Å². The molecule has 212 valence electrons. The molecule has 3 aromatic carbocycles. The number of sulfonamides is 1. The SMILES string of the molecule is COC(=O)C=Cc1c(CCOS(=O)(=O)c2ccc(C)cc2)ccc2c1CCC(NS(=O)(=O)c1ccc(Cl)cc1)C2. The Balaban J connectivity index is 1.53. The number of methoxy groups -OCH3 is 1. The Morgan fingerprint density at radius 2 is 1.68 bits per heavy atom. The van der Waals surface area contributed by atoms with Gasteiger partial charge in [-0.05, 0) is 97.3 Å². The number of halogens is 1. The molecule has 3 aromatic rings. The second-order valence-corrected chi connectivity index (χ2v) is 13.3. The van der Waals surface area contributed by atoms with Crippen molar-refractivity contribution in [3.8, 4) is 0 Å². The molecule has 11 heteroatoms. The molecule has 0 spiro atoms. The Labute approximate surface area is 240 Å². The number of hydrogen-bond donors (Lipinski definition) is 1. The lowest BCUT2D eigenvalue weighted by Gasteiger charge is -2.28. The van der Waals surface area contributed by atoms with Crippen molar-refractivity contribution in [2.45, 2.75) is 48.4 Å². The molecule has 0 aliphatic heterocycles. The summed E-state index contributed by atoms with van der Waals surface area (Å²) in [5.74, 6) is -0.522. The second-order valence-electron chi connectivity index (χ2n) is 9.49. The normalized spacial score (nSPS) is 15.6. The molecule has 1 aliphatic rings. The molecule has 0 bridgehead atoms. The van der Waals surface area contributed by atoms with Gasteiger partial charge >= 0.3 is 5.97 Å². The Morgan fingerprint density at radius 3 is 2.35 bits per heavy atom. The van der Waals surface area contributed by atoms with E-state index in [2.05, 4.69) is 4.72 Å². The van der Waals surface area contributed by atoms with Gasteiger partial charge in [-0.25, -0.2) is 17.9 Å². The van der Waals surface area contributed by atoms with Crippen molar-refractivity contribution in [3.63, 3.8) is 0 Å². The fraction of sp³-hybridized carbons (Fsp3) is 0.276. The first-order chi connectivity index (χ1) is 19.0. The van der Waals surface area contributed by atoms with Crippen molar-refractivity contribution in [2.24, 2.45) is 0 Å². The van der Waals surface area contributed by atoms with Crippen LogP contribution >= 0.6 is 11.6 Å². The molecule has 0 saturated heterocycles. The van der Waals surface area contributed by atoms with Gasteiger partial charge < -0.3 is 4.74 Å². The largest absolute Gasteiger partial charge is 0.466 e. The number of ether oxygens (including phenoxy) is 1. The van der Waals surface area contributed by atoms with E-state index in [1.807, 2.05) is 19.1 Å². The van der Waals surface area contributed by atoms with Crippen molar-refractivity contribution in [3.05, 3.63) is 99.6 Å². The summed E-state index contributed by atoms with van der Waals surface area (Å²) in [6, 6.07) is 15.9. The molecular weight excluding hydrogens is 574 g/mol. The van der Waals surface area contributed by atoms with E-state index in [0.29, 0.717) is 24.3 Å². The standard InChI is InChI=1S/C29H30ClNO7S2/c1-20-3-10-26(11-4-20)40(35,36)38-18-17-21-5-6-22-19-24(9-14-28(22)27(21)15-16-29(32)37-2)31-39(33,34)25-12-7-23(30)8-13-25/h3-8,10-13,15-16,24,31H,9,14,17-19H2,1-2H3. The molecule has 0 heterocycles. The van der Waals surface area contributed by atoms with Crippen LogP contribution in [0.2, 0.25) is 5.02 Å². The fourth-order valence-corrected chi connectivity index (χ4v) is 6.92. The summed E-state index contributed by atoms with van der Waals surface area (Å²) in [5.41, 5.74) is 4.43. The van der Waals surface area contributed by atoms with E-state index in [0.717, 1.165) is 27.8 Å². The Bertz CT molecular complexity index is 1620. The van der Waals surface area contributed by atoms with Gasteiger partial charge in [-0.2, -0.15) is 8.42 Å². The summed E-state index contributed by atoms with van der Waals surface area (Å²) in [5, 5.41) is 0.451. The van der Waals surface area contributed by atoms with Gasteiger partial charge in [0.2, 0.25) is 10.0 Å². The van der Waals surface area contributed by atoms with Crippen molar-refractivity contribution in [1.29, 1.82) is 0 Å². The summed E-state index contributed by atoms with van der Waals surface area (Å²) in [6.07, 6.45) is 4.82. The van der Waals surface area contributed by atoms with Crippen LogP contribution in [-0.2, 0) is 53.1 Å². The number of nitrogens with one attached hydrogen (secondary N) is 1. The molecule has 1 N–H and O–H groups in total. The van der Waals surface area contributed by atoms with Crippen LogP contribution in [0, 0.1) is 6.92 Å². The predicted octanol–water partition coefficient (Wildman–Crippen LogP) is 4.62. The van der Waals surface area contributed by atoms with Crippen molar-refractivity contribution in [2.75, 3.05) is 13.7 Å². The van der Waals surface area contributed by atoms with Gasteiger partial charge in [0, 0.05) is 17.1 Å². The van der Waals surface area contributed by atoms with E-state index in [1.54, 1.807) is 18.2 Å². The smallest absolute Gasteiger partial charge is 0.330 e. The summed E-state index contributed by atoms with van der Waals surface area (Å²) in [4.78, 5) is 12.1. The van der Waals surface area contributed by atoms with Crippen LogP contribution in [0.15, 0.2) is 76.5 Å². The number of rotatable bonds is 10. The third-order valence-corrected chi connectivity index (χ3v) is 9.82. The third kappa shape index (κ3) is 7.38. The summed E-state index contributed by atoms with van der Waals surface area (Å²) in [7, 11) is -6.37. The molecule has 1 atom stereocenters. The maximum atomic E-state index is 12.9. The quantitative estimate of drug-likeness (QED) is 0.204. The highest BCUT2D eigenvalue weighted by Crippen LogP contribution is 2.30. The van der Waals surface area contributed by atoms with Crippen molar-refractivity contribution in [1.82, 2.24) is 4.72 Å². The molecule has 0 aromatic heterocycles. The van der Waals surface area contributed by atoms with Crippen LogP contribution in [0.1, 0.15) is 34.2 Å². The second kappa shape index (κ2) is 12.7. The number of fused-ring (bicyclic) bond motifs is 1. The molecule has 0 amide bonds. The lowest BCUT2D eigenvalue weighted by Crippen LogP contribution is -2.39. The van der Waals surface area contributed by atoms with E-state index in [-0.39, 0.29) is 28.9 Å². The molecule has 0 fully saturated rings. The highest BCUT2D eigenvalue weighted by Gasteiger charge is 2.26. The zero-order valence-corrected chi connectivity index (χ0v) is 24.5. The molecule has 8 nitrogen and oxygen atoms in total. The van der Waals surface area contributed by atoms with Gasteiger partial charge in [-0.15, -0.1) is 0 Å². The first-order valence-electron chi connectivity index (χ1n) is 12.6. The first kappa shape index (κ1) is 30.0. The minimum absolute atomic E-state index is 0.0847. The minimum atomic E-state index is -3.92. The van der Waals surface area contributed by atoms with Crippen LogP contribution < -0.4 is 4.72 Å². The maximum Gasteiger partial charge on any atom is 0.330 e. The van der Waals surface area contributed by atoms with Gasteiger partial charge in [-0.1, -0.05) is 41.4 Å². The van der Waals surface area contributed by atoms with E-state index < -0.39 is 26.1 Å². The lowest BCUT2D eigenvalue weighted by molar-refractivity contribution is -0.134. The topological polar surface area (TPSA) is 116 Å². The van der Waals surface area contributed by atoms with E-state index in [4.69, 9.17) is 20.5 Å². The maximum absolute atomic E-state index is 12.9. The average Bonchev–Trinajstić information content (AvgIpc) is 2.92. The Morgan fingerprint density at radius 1 is 1.00 bits per heavy atom. The van der Waals surface area contributed by atoms with Crippen molar-refractivity contribution < 1.29 is 30.6 Å². The van der Waals surface area contributed by atoms with Gasteiger partial charge in [0.25, 0.3) is 10.1 Å². The molecule has 1 unspecified atom stereocenters. The molecule has 1 aliphatic carbocycles. The van der Waals surface area contributed by atoms with Crippen LogP contribution in [-0.4, -0.2) is 42.6 Å². The minimum Gasteiger partial charge on any atom is -0.466 e. The number of esters is 1. The summed E-state index contributed by atoms with van der Waals surface area (Å²) >= 11 is 5.89. The molecule has 0 radical (unpaired) electrons. The van der Waals surface area contributed by atoms with Crippen LogP contribution in [0.3, 0.4) is 0 Å². The Hall–Kier alpha value is -3.02. The summed E-state index contributed by atoms with van der Waals surface area (Å²) in [6.45, 7) is 1.78. The number of aryl methyl sites for hydroxylation is 1. The van der Waals surface area contributed by atoms with E-state index in [1.165, 1.54) is 49.6 Å². The highest BCUT2D eigenvalue weighted by molar-refractivity contribution is 7.89. The number of hydrogen-bond acceptors (Lipinski definition) is 7. The number of carbonyl (C=O) groups is 1. The zero-order chi connectivity index (χ0) is 28.9. The molecule has 40 heavy (non-hydrogen) atoms. The summed E-state index contributed by atoms with van der Waals surface area (Å²) < 4.78 is 63.8. The number of benzene rings is 3. The van der Waals surface area contributed by atoms with Crippen molar-refractivity contribution >= 4 is 43.8 Å². The Kier molecular flexibility index (Phi) is 9.48. The first-order valence-corrected chi connectivity index (χ1v) is 15.9. The highest BCUT2D eigenvalue weighted by atomic mass is 35.5. The van der Waals surface area contributed by atoms with Gasteiger partial charge in [0.1, 0.15) is 0 Å². The predicted molar refractivity (Wildman–Crippen MR) is 153 cm³/mol. The lowest BCUT2D eigenvalue weighted by atomic mass is 9.83. The molecular formula is C29H30ClNO7S2. The number of carbonyl (C=O) groups excluding carboxylic acids is 1. The average molecular weight is 604 g/mol. The van der Waals surface area contributed by atoms with Gasteiger partial charge in [-0.3, -0.25) is 4.18 Å². The monoisotopic (exact) mass is 603 g/mol. The van der Waals surface area contributed by atoms with Crippen LogP contribution in [0.4, 0.5) is 0 Å². The molecule has 0 saturated carbocycles. The van der Waals surface area contributed by atoms with Crippen LogP contribution in [0.5, 0.6) is 0 Å². The zero-order valence-electron chi connectivity index (χ0n) is 22.1. The third-order valence-electron chi connectivity index (χ3n) is 6.71.